The zero-order chi connectivity index (χ0) is 20.4. The highest BCUT2D eigenvalue weighted by molar-refractivity contribution is 5.89. The monoisotopic (exact) mass is 386 g/mol. The van der Waals surface area contributed by atoms with E-state index >= 15 is 0 Å². The average Bonchev–Trinajstić information content (AvgIpc) is 2.70. The van der Waals surface area contributed by atoms with Gasteiger partial charge in [-0.2, -0.15) is 0 Å². The second-order valence-corrected chi connectivity index (χ2v) is 6.76. The molecule has 0 heterocycles. The van der Waals surface area contributed by atoms with Gasteiger partial charge in [-0.3, -0.25) is 0 Å². The first-order valence-electron chi connectivity index (χ1n) is 9.51. The summed E-state index contributed by atoms with van der Waals surface area (Å²) in [6, 6.07) is 17.2. The van der Waals surface area contributed by atoms with Gasteiger partial charge in [0.1, 0.15) is 18.5 Å². The summed E-state index contributed by atoms with van der Waals surface area (Å²) in [6.07, 6.45) is -0.636. The Balaban J connectivity index is 1.75. The molecule has 0 aliphatic heterocycles. The minimum Gasteiger partial charge on any atom is -0.491 e. The SMILES string of the molecule is CCOC(=O)c1ccc(OCC(O)CNCC(c2ccccc2)N(C)C)cc1. The predicted octanol–water partition coefficient (Wildman–Crippen LogP) is 2.50. The van der Waals surface area contributed by atoms with Crippen molar-refractivity contribution >= 4 is 5.97 Å². The van der Waals surface area contributed by atoms with Crippen molar-refractivity contribution in [3.05, 3.63) is 65.7 Å². The van der Waals surface area contributed by atoms with E-state index in [2.05, 4.69) is 22.3 Å². The lowest BCUT2D eigenvalue weighted by molar-refractivity contribution is 0.0526. The molecule has 2 aromatic carbocycles. The number of nitrogens with zero attached hydrogens (tertiary/aromatic N) is 1. The Hall–Kier alpha value is -2.41. The fraction of sp³-hybridized carbons (Fsp3) is 0.409. The molecular weight excluding hydrogens is 356 g/mol. The number of ether oxygens (including phenoxy) is 2. The number of hydrogen-bond donors (Lipinski definition) is 2. The maximum atomic E-state index is 11.6. The largest absolute Gasteiger partial charge is 0.491 e. The van der Waals surface area contributed by atoms with E-state index in [9.17, 15) is 9.90 Å². The first-order valence-corrected chi connectivity index (χ1v) is 9.51. The number of benzene rings is 2. The lowest BCUT2D eigenvalue weighted by atomic mass is 10.1. The van der Waals surface area contributed by atoms with Gasteiger partial charge in [0.2, 0.25) is 0 Å². The zero-order valence-electron chi connectivity index (χ0n) is 16.8. The van der Waals surface area contributed by atoms with Gasteiger partial charge in [0.05, 0.1) is 12.2 Å². The molecule has 0 bridgehead atoms. The van der Waals surface area contributed by atoms with Crippen LogP contribution in [0.4, 0.5) is 0 Å². The number of likely N-dealkylation sites (N-methyl/N-ethyl adjacent to an activating group) is 1. The summed E-state index contributed by atoms with van der Waals surface area (Å²) in [6.45, 7) is 3.44. The van der Waals surface area contributed by atoms with Gasteiger partial charge in [-0.1, -0.05) is 30.3 Å². The van der Waals surface area contributed by atoms with Crippen LogP contribution in [-0.4, -0.2) is 62.5 Å². The Bertz CT molecular complexity index is 704. The van der Waals surface area contributed by atoms with Crippen LogP contribution in [0.5, 0.6) is 5.75 Å². The highest BCUT2D eigenvalue weighted by Gasteiger charge is 2.14. The molecule has 28 heavy (non-hydrogen) atoms. The van der Waals surface area contributed by atoms with Crippen molar-refractivity contribution in [1.82, 2.24) is 10.2 Å². The number of hydrogen-bond acceptors (Lipinski definition) is 6. The van der Waals surface area contributed by atoms with Crippen molar-refractivity contribution in [1.29, 1.82) is 0 Å². The molecule has 2 unspecified atom stereocenters. The van der Waals surface area contributed by atoms with Crippen LogP contribution < -0.4 is 10.1 Å². The minimum absolute atomic E-state index is 0.170. The maximum Gasteiger partial charge on any atom is 0.338 e. The summed E-state index contributed by atoms with van der Waals surface area (Å²) in [5.41, 5.74) is 1.71. The van der Waals surface area contributed by atoms with Crippen LogP contribution >= 0.6 is 0 Å². The third-order valence-electron chi connectivity index (χ3n) is 4.33. The Morgan fingerprint density at radius 3 is 2.36 bits per heavy atom. The maximum absolute atomic E-state index is 11.6. The highest BCUT2D eigenvalue weighted by Crippen LogP contribution is 2.17. The summed E-state index contributed by atoms with van der Waals surface area (Å²) < 4.78 is 10.5. The molecular formula is C22H30N2O4. The second kappa shape index (κ2) is 11.4. The first kappa shape index (κ1) is 21.9. The smallest absolute Gasteiger partial charge is 0.338 e. The fourth-order valence-corrected chi connectivity index (χ4v) is 2.81. The Labute approximate surface area is 167 Å². The van der Waals surface area contributed by atoms with Crippen molar-refractivity contribution < 1.29 is 19.4 Å². The number of carbonyl (C=O) groups is 1. The van der Waals surface area contributed by atoms with Crippen molar-refractivity contribution in [3.8, 4) is 5.75 Å². The van der Waals surface area contributed by atoms with Crippen LogP contribution in [0.2, 0.25) is 0 Å². The molecule has 0 aromatic heterocycles. The van der Waals surface area contributed by atoms with Crippen molar-refractivity contribution in [2.24, 2.45) is 0 Å². The van der Waals surface area contributed by atoms with Crippen LogP contribution in [0.25, 0.3) is 0 Å². The molecule has 0 spiro atoms. The molecule has 0 fully saturated rings. The number of nitrogens with one attached hydrogen (secondary N) is 1. The third-order valence-corrected chi connectivity index (χ3v) is 4.33. The molecule has 152 valence electrons. The van der Waals surface area contributed by atoms with Gasteiger partial charge in [-0.25, -0.2) is 4.79 Å². The molecule has 0 aliphatic rings. The van der Waals surface area contributed by atoms with Crippen LogP contribution in [0.15, 0.2) is 54.6 Å². The molecule has 0 aliphatic carbocycles. The van der Waals surface area contributed by atoms with E-state index in [1.54, 1.807) is 31.2 Å². The minimum atomic E-state index is -0.636. The molecule has 2 rings (SSSR count). The Morgan fingerprint density at radius 2 is 1.75 bits per heavy atom. The lowest BCUT2D eigenvalue weighted by Crippen LogP contribution is -2.37. The number of rotatable bonds is 11. The molecule has 2 atom stereocenters. The van der Waals surface area contributed by atoms with Crippen molar-refractivity contribution in [3.63, 3.8) is 0 Å². The first-order chi connectivity index (χ1) is 13.5. The standard InChI is InChI=1S/C22H30N2O4/c1-4-27-22(26)18-10-12-20(13-11-18)28-16-19(25)14-23-15-21(24(2)3)17-8-6-5-7-9-17/h5-13,19,21,23,25H,4,14-16H2,1-3H3. The average molecular weight is 386 g/mol. The highest BCUT2D eigenvalue weighted by atomic mass is 16.5. The number of carbonyl (C=O) groups excluding carboxylic acids is 1. The molecule has 2 aromatic rings. The quantitative estimate of drug-likeness (QED) is 0.578. The summed E-state index contributed by atoms with van der Waals surface area (Å²) in [5, 5.41) is 13.5. The molecule has 0 amide bonds. The Morgan fingerprint density at radius 1 is 1.07 bits per heavy atom. The summed E-state index contributed by atoms with van der Waals surface area (Å²) in [5.74, 6) is 0.245. The normalized spacial score (nSPS) is 13.2. The van der Waals surface area contributed by atoms with Crippen LogP contribution in [0, 0.1) is 0 Å². The van der Waals surface area contributed by atoms with E-state index in [4.69, 9.17) is 9.47 Å². The van der Waals surface area contributed by atoms with E-state index in [1.807, 2.05) is 32.3 Å². The van der Waals surface area contributed by atoms with E-state index in [-0.39, 0.29) is 18.6 Å². The topological polar surface area (TPSA) is 71.0 Å². The van der Waals surface area contributed by atoms with E-state index in [0.29, 0.717) is 24.5 Å². The Kier molecular flexibility index (Phi) is 8.94. The molecule has 0 saturated heterocycles. The second-order valence-electron chi connectivity index (χ2n) is 6.76. The molecule has 6 heteroatoms. The molecule has 6 nitrogen and oxygen atoms in total. The van der Waals surface area contributed by atoms with E-state index in [1.165, 1.54) is 5.56 Å². The van der Waals surface area contributed by atoms with Gasteiger partial charge >= 0.3 is 5.97 Å². The van der Waals surface area contributed by atoms with Gasteiger partial charge in [0.25, 0.3) is 0 Å². The van der Waals surface area contributed by atoms with Crippen LogP contribution in [0.3, 0.4) is 0 Å². The number of esters is 1. The molecule has 0 radical (unpaired) electrons. The van der Waals surface area contributed by atoms with Crippen molar-refractivity contribution in [2.75, 3.05) is 40.4 Å². The summed E-state index contributed by atoms with van der Waals surface area (Å²) in [4.78, 5) is 13.8. The van der Waals surface area contributed by atoms with E-state index < -0.39 is 6.10 Å². The lowest BCUT2D eigenvalue weighted by Gasteiger charge is -2.25. The third kappa shape index (κ3) is 6.96. The van der Waals surface area contributed by atoms with Gasteiger partial charge in [-0.15, -0.1) is 0 Å². The van der Waals surface area contributed by atoms with E-state index in [0.717, 1.165) is 6.54 Å². The van der Waals surface area contributed by atoms with Gasteiger partial charge in [-0.05, 0) is 50.8 Å². The van der Waals surface area contributed by atoms with Crippen LogP contribution in [0.1, 0.15) is 28.9 Å². The zero-order valence-corrected chi connectivity index (χ0v) is 16.8. The van der Waals surface area contributed by atoms with Gasteiger partial charge in [0.15, 0.2) is 0 Å². The fourth-order valence-electron chi connectivity index (χ4n) is 2.81. The molecule has 2 N–H and O–H groups in total. The van der Waals surface area contributed by atoms with Gasteiger partial charge < -0.3 is 24.8 Å². The summed E-state index contributed by atoms with van der Waals surface area (Å²) >= 11 is 0. The number of aliphatic hydroxyl groups is 1. The van der Waals surface area contributed by atoms with Crippen molar-refractivity contribution in [2.45, 2.75) is 19.1 Å². The van der Waals surface area contributed by atoms with Gasteiger partial charge in [0, 0.05) is 19.1 Å². The predicted molar refractivity (Wildman–Crippen MR) is 110 cm³/mol. The number of aliphatic hydroxyl groups excluding tert-OH is 1. The molecule has 0 saturated carbocycles. The van der Waals surface area contributed by atoms with Crippen LogP contribution in [-0.2, 0) is 4.74 Å². The summed E-state index contributed by atoms with van der Waals surface area (Å²) in [7, 11) is 4.08.